The summed E-state index contributed by atoms with van der Waals surface area (Å²) in [6.07, 6.45) is 0.429. The fraction of sp³-hybridized carbons (Fsp3) is 0.857. The number of aliphatic hydroxyl groups excluding tert-OH is 1. The van der Waals surface area contributed by atoms with E-state index in [2.05, 4.69) is 4.84 Å². The van der Waals surface area contributed by atoms with Crippen molar-refractivity contribution in [3.05, 3.63) is 0 Å². The topological polar surface area (TPSA) is 104 Å². The molecule has 0 atom stereocenters. The van der Waals surface area contributed by atoms with Gasteiger partial charge in [0.2, 0.25) is 0 Å². The summed E-state index contributed by atoms with van der Waals surface area (Å²) in [7, 11) is -0.576. The maximum Gasteiger partial charge on any atom is 0.324 e. The van der Waals surface area contributed by atoms with Gasteiger partial charge in [0.25, 0.3) is 10.1 Å². The first-order valence-corrected chi connectivity index (χ1v) is 5.78. The average Bonchev–Trinajstić information content (AvgIpc) is 2.01. The molecule has 0 aliphatic rings. The van der Waals surface area contributed by atoms with E-state index in [9.17, 15) is 13.2 Å². The minimum Gasteiger partial charge on any atom is -0.395 e. The Labute approximate surface area is 89.3 Å². The highest BCUT2D eigenvalue weighted by Crippen LogP contribution is 1.84. The van der Waals surface area contributed by atoms with E-state index in [-0.39, 0.29) is 5.97 Å². The molecule has 0 aliphatic carbocycles. The maximum atomic E-state index is 10.4. The Bertz CT molecular complexity index is 261. The van der Waals surface area contributed by atoms with Crippen molar-refractivity contribution in [1.29, 1.82) is 0 Å². The Balaban J connectivity index is 0. The first kappa shape index (κ1) is 16.7. The summed E-state index contributed by atoms with van der Waals surface area (Å²) in [5.41, 5.74) is 0. The highest BCUT2D eigenvalue weighted by atomic mass is 32.2. The minimum absolute atomic E-state index is 0.199. The molecule has 0 unspecified atom stereocenters. The average molecular weight is 243 g/mol. The van der Waals surface area contributed by atoms with Gasteiger partial charge in [0.1, 0.15) is 0 Å². The second kappa shape index (κ2) is 8.60. The van der Waals surface area contributed by atoms with E-state index in [4.69, 9.17) is 9.66 Å². The molecule has 15 heavy (non-hydrogen) atoms. The van der Waals surface area contributed by atoms with Gasteiger partial charge >= 0.3 is 5.97 Å². The standard InChI is InChI=1S/C5H11NO2.C2H6O4S/c1-4-5(7)8-6(2)3;3-1-2-7(4,5)6/h4H2,1-3H3;3H,1-2H2,(H,4,5,6). The summed E-state index contributed by atoms with van der Waals surface area (Å²) in [5, 5.41) is 9.24. The summed E-state index contributed by atoms with van der Waals surface area (Å²) in [4.78, 5) is 15.0. The van der Waals surface area contributed by atoms with Crippen LogP contribution in [0.4, 0.5) is 0 Å². The molecule has 0 spiro atoms. The van der Waals surface area contributed by atoms with Crippen LogP contribution in [0, 0.1) is 0 Å². The first-order chi connectivity index (χ1) is 6.72. The second-order valence-corrected chi connectivity index (χ2v) is 4.21. The zero-order valence-electron chi connectivity index (χ0n) is 9.00. The Morgan fingerprint density at radius 3 is 1.93 bits per heavy atom. The number of rotatable bonds is 4. The van der Waals surface area contributed by atoms with E-state index in [1.807, 2.05) is 0 Å². The van der Waals surface area contributed by atoms with Crippen LogP contribution < -0.4 is 0 Å². The number of carbonyl (C=O) groups excluding carboxylic acids is 1. The molecule has 8 heteroatoms. The molecule has 92 valence electrons. The van der Waals surface area contributed by atoms with Gasteiger partial charge in [0, 0.05) is 20.5 Å². The number of hydrogen-bond donors (Lipinski definition) is 2. The zero-order valence-corrected chi connectivity index (χ0v) is 9.82. The lowest BCUT2D eigenvalue weighted by Gasteiger charge is -2.07. The number of aliphatic hydroxyl groups is 1. The lowest BCUT2D eigenvalue weighted by atomic mass is 10.5. The van der Waals surface area contributed by atoms with Gasteiger partial charge in [0.15, 0.2) is 0 Å². The molecule has 0 heterocycles. The Morgan fingerprint density at radius 1 is 1.40 bits per heavy atom. The molecule has 0 saturated carbocycles. The molecule has 0 amide bonds. The van der Waals surface area contributed by atoms with Gasteiger partial charge in [-0.1, -0.05) is 6.92 Å². The largest absolute Gasteiger partial charge is 0.395 e. The van der Waals surface area contributed by atoms with Gasteiger partial charge in [-0.15, -0.1) is 5.06 Å². The number of hydrogen-bond acceptors (Lipinski definition) is 6. The Morgan fingerprint density at radius 2 is 1.87 bits per heavy atom. The second-order valence-electron chi connectivity index (χ2n) is 2.64. The quantitative estimate of drug-likeness (QED) is 0.496. The minimum atomic E-state index is -3.92. The summed E-state index contributed by atoms with van der Waals surface area (Å²) >= 11 is 0. The van der Waals surface area contributed by atoms with Crippen molar-refractivity contribution < 1.29 is 27.7 Å². The van der Waals surface area contributed by atoms with Gasteiger partial charge in [-0.3, -0.25) is 9.35 Å². The van der Waals surface area contributed by atoms with Crippen LogP contribution in [0.25, 0.3) is 0 Å². The van der Waals surface area contributed by atoms with Crippen LogP contribution in [0.5, 0.6) is 0 Å². The van der Waals surface area contributed by atoms with E-state index in [1.54, 1.807) is 21.0 Å². The van der Waals surface area contributed by atoms with Crippen LogP contribution in [0.3, 0.4) is 0 Å². The fourth-order valence-corrected chi connectivity index (χ4v) is 0.614. The normalized spacial score (nSPS) is 10.5. The molecular formula is C7H17NO6S. The van der Waals surface area contributed by atoms with Crippen molar-refractivity contribution in [2.75, 3.05) is 26.5 Å². The maximum absolute atomic E-state index is 10.4. The van der Waals surface area contributed by atoms with Crippen molar-refractivity contribution in [3.8, 4) is 0 Å². The molecule has 7 nitrogen and oxygen atoms in total. The van der Waals surface area contributed by atoms with Crippen molar-refractivity contribution >= 4 is 16.1 Å². The number of carbonyl (C=O) groups is 1. The molecule has 0 aromatic carbocycles. The van der Waals surface area contributed by atoms with Crippen LogP contribution >= 0.6 is 0 Å². The Kier molecular flexibility index (Phi) is 9.58. The van der Waals surface area contributed by atoms with Crippen molar-refractivity contribution in [1.82, 2.24) is 5.06 Å². The van der Waals surface area contributed by atoms with Gasteiger partial charge in [-0.25, -0.2) is 0 Å². The smallest absolute Gasteiger partial charge is 0.324 e. The third-order valence-electron chi connectivity index (χ3n) is 0.922. The van der Waals surface area contributed by atoms with Crippen molar-refractivity contribution in [3.63, 3.8) is 0 Å². The van der Waals surface area contributed by atoms with Gasteiger partial charge in [-0.05, 0) is 0 Å². The molecule has 0 aliphatic heterocycles. The Hall–Kier alpha value is -0.700. The lowest BCUT2D eigenvalue weighted by molar-refractivity contribution is -0.177. The summed E-state index contributed by atoms with van der Waals surface area (Å²) in [6.45, 7) is 1.23. The molecule has 0 radical (unpaired) electrons. The molecule has 0 saturated heterocycles. The highest BCUT2D eigenvalue weighted by Gasteiger charge is 1.99. The van der Waals surface area contributed by atoms with E-state index >= 15 is 0 Å². The third kappa shape index (κ3) is 19.6. The molecule has 0 aromatic heterocycles. The van der Waals surface area contributed by atoms with E-state index < -0.39 is 22.5 Å². The van der Waals surface area contributed by atoms with E-state index in [0.717, 1.165) is 0 Å². The first-order valence-electron chi connectivity index (χ1n) is 4.17. The molecule has 0 bridgehead atoms. The third-order valence-corrected chi connectivity index (χ3v) is 1.62. The summed E-state index contributed by atoms with van der Waals surface area (Å²) in [5.74, 6) is -0.775. The molecule has 2 N–H and O–H groups in total. The number of hydroxylamine groups is 2. The molecule has 0 aromatic rings. The van der Waals surface area contributed by atoms with Crippen LogP contribution in [0.2, 0.25) is 0 Å². The number of nitrogens with zero attached hydrogens (tertiary/aromatic N) is 1. The zero-order chi connectivity index (χ0) is 12.5. The monoisotopic (exact) mass is 243 g/mol. The van der Waals surface area contributed by atoms with Gasteiger partial charge < -0.3 is 9.94 Å². The van der Waals surface area contributed by atoms with E-state index in [1.165, 1.54) is 5.06 Å². The summed E-state index contributed by atoms with van der Waals surface area (Å²) < 4.78 is 27.1. The van der Waals surface area contributed by atoms with Crippen molar-refractivity contribution in [2.24, 2.45) is 0 Å². The lowest BCUT2D eigenvalue weighted by Crippen LogP contribution is -2.17. The highest BCUT2D eigenvalue weighted by molar-refractivity contribution is 7.85. The van der Waals surface area contributed by atoms with E-state index in [0.29, 0.717) is 6.42 Å². The predicted molar refractivity (Wildman–Crippen MR) is 53.6 cm³/mol. The molecular weight excluding hydrogens is 226 g/mol. The predicted octanol–water partition coefficient (Wildman–Crippen LogP) is -0.717. The van der Waals surface area contributed by atoms with Crippen LogP contribution in [-0.2, 0) is 19.8 Å². The fourth-order valence-electron chi connectivity index (χ4n) is 0.384. The van der Waals surface area contributed by atoms with Gasteiger partial charge in [0.05, 0.1) is 12.4 Å². The SMILES string of the molecule is CCC(=O)ON(C)C.O=S(=O)(O)CCO. The molecule has 0 fully saturated rings. The van der Waals surface area contributed by atoms with Crippen LogP contribution in [0.1, 0.15) is 13.3 Å². The molecule has 0 rings (SSSR count). The summed E-state index contributed by atoms with van der Waals surface area (Å²) in [6, 6.07) is 0. The van der Waals surface area contributed by atoms with Gasteiger partial charge in [-0.2, -0.15) is 8.42 Å². The van der Waals surface area contributed by atoms with Crippen molar-refractivity contribution in [2.45, 2.75) is 13.3 Å². The van der Waals surface area contributed by atoms with Crippen LogP contribution in [0.15, 0.2) is 0 Å². The van der Waals surface area contributed by atoms with Crippen LogP contribution in [-0.4, -0.2) is 55.6 Å².